The molecule has 0 spiro atoms. The molecule has 1 heterocycles. The summed E-state index contributed by atoms with van der Waals surface area (Å²) in [6, 6.07) is 9.65. The normalized spacial score (nSPS) is 10.8. The van der Waals surface area contributed by atoms with Gasteiger partial charge in [0.1, 0.15) is 0 Å². The lowest BCUT2D eigenvalue weighted by Gasteiger charge is -2.05. The summed E-state index contributed by atoms with van der Waals surface area (Å²) in [6.07, 6.45) is 0. The number of carbonyl (C=O) groups is 1. The Morgan fingerprint density at radius 3 is 2.60 bits per heavy atom. The first-order chi connectivity index (χ1) is 9.54. The Morgan fingerprint density at radius 2 is 1.80 bits per heavy atom. The highest BCUT2D eigenvalue weighted by molar-refractivity contribution is 6.31. The van der Waals surface area contributed by atoms with E-state index in [0.717, 1.165) is 0 Å². The van der Waals surface area contributed by atoms with Gasteiger partial charge in [0.2, 0.25) is 0 Å². The molecular formula is C14H10ClN3O2. The van der Waals surface area contributed by atoms with Crippen LogP contribution in [0.25, 0.3) is 11.0 Å². The first-order valence-electron chi connectivity index (χ1n) is 5.86. The molecule has 6 heteroatoms. The third-order valence-electron chi connectivity index (χ3n) is 3.04. The molecule has 0 saturated heterocycles. The lowest BCUT2D eigenvalue weighted by Crippen LogP contribution is -2.05. The molecule has 5 nitrogen and oxygen atoms in total. The maximum atomic E-state index is 12.4. The van der Waals surface area contributed by atoms with Crippen molar-refractivity contribution in [2.45, 2.75) is 0 Å². The number of benzene rings is 2. The van der Waals surface area contributed by atoms with Crippen LogP contribution in [0.5, 0.6) is 0 Å². The van der Waals surface area contributed by atoms with Gasteiger partial charge in [-0.2, -0.15) is 0 Å². The van der Waals surface area contributed by atoms with Crippen LogP contribution in [0, 0.1) is 0 Å². The lowest BCUT2D eigenvalue weighted by atomic mass is 10.0. The Hall–Kier alpha value is -2.53. The molecule has 0 amide bonds. The molecule has 0 bridgehead atoms. The van der Waals surface area contributed by atoms with Crippen molar-refractivity contribution in [1.82, 2.24) is 9.97 Å². The fourth-order valence-electron chi connectivity index (χ4n) is 2.05. The molecule has 0 saturated carbocycles. The maximum absolute atomic E-state index is 12.4. The number of nitrogens with one attached hydrogen (secondary N) is 2. The first-order valence-corrected chi connectivity index (χ1v) is 6.24. The molecule has 3 rings (SSSR count). The molecule has 1 aromatic heterocycles. The molecule has 0 aliphatic carbocycles. The van der Waals surface area contributed by atoms with Gasteiger partial charge in [-0.05, 0) is 36.4 Å². The number of fused-ring (bicyclic) bond motifs is 1. The zero-order valence-corrected chi connectivity index (χ0v) is 11.0. The number of imidazole rings is 1. The Balaban J connectivity index is 2.12. The summed E-state index contributed by atoms with van der Waals surface area (Å²) < 4.78 is 0. The number of aromatic amines is 2. The number of hydrogen-bond donors (Lipinski definition) is 3. The Labute approximate surface area is 118 Å². The fourth-order valence-corrected chi connectivity index (χ4v) is 2.23. The summed E-state index contributed by atoms with van der Waals surface area (Å²) >= 11 is 5.89. The van der Waals surface area contributed by atoms with E-state index in [2.05, 4.69) is 9.97 Å². The topological polar surface area (TPSA) is 91.7 Å². The number of halogens is 1. The maximum Gasteiger partial charge on any atom is 0.323 e. The van der Waals surface area contributed by atoms with Gasteiger partial charge in [0.05, 0.1) is 11.0 Å². The predicted molar refractivity (Wildman–Crippen MR) is 78.2 cm³/mol. The van der Waals surface area contributed by atoms with Gasteiger partial charge in [-0.15, -0.1) is 0 Å². The Kier molecular flexibility index (Phi) is 2.84. The van der Waals surface area contributed by atoms with Crippen LogP contribution in [0.1, 0.15) is 15.9 Å². The molecule has 0 atom stereocenters. The van der Waals surface area contributed by atoms with Crippen LogP contribution in [-0.4, -0.2) is 15.8 Å². The van der Waals surface area contributed by atoms with Crippen LogP contribution >= 0.6 is 11.6 Å². The summed E-state index contributed by atoms with van der Waals surface area (Å²) in [5.74, 6) is -0.242. The van der Waals surface area contributed by atoms with E-state index in [1.54, 1.807) is 30.3 Å². The number of nitrogen functional groups attached to an aromatic ring is 1. The molecule has 3 aromatic rings. The van der Waals surface area contributed by atoms with Crippen LogP contribution in [0.15, 0.2) is 41.2 Å². The third kappa shape index (κ3) is 2.08. The lowest BCUT2D eigenvalue weighted by molar-refractivity contribution is 0.103. The quantitative estimate of drug-likeness (QED) is 0.499. The van der Waals surface area contributed by atoms with Crippen LogP contribution in [-0.2, 0) is 0 Å². The second kappa shape index (κ2) is 4.54. The monoisotopic (exact) mass is 287 g/mol. The number of hydrogen-bond acceptors (Lipinski definition) is 3. The summed E-state index contributed by atoms with van der Waals surface area (Å²) in [5.41, 5.74) is 7.84. The molecule has 0 unspecified atom stereocenters. The predicted octanol–water partition coefficient (Wildman–Crippen LogP) is 2.32. The van der Waals surface area contributed by atoms with Crippen molar-refractivity contribution < 1.29 is 4.79 Å². The van der Waals surface area contributed by atoms with Gasteiger partial charge in [-0.3, -0.25) is 4.79 Å². The largest absolute Gasteiger partial charge is 0.398 e. The second-order valence-electron chi connectivity index (χ2n) is 4.40. The standard InChI is InChI=1S/C14H10ClN3O2/c15-8-2-3-10(16)9(6-8)13(19)7-1-4-11-12(5-7)18-14(20)17-11/h1-6H,16H2,(H2,17,18,20). The second-order valence-corrected chi connectivity index (χ2v) is 4.84. The smallest absolute Gasteiger partial charge is 0.323 e. The van der Waals surface area contributed by atoms with Gasteiger partial charge >= 0.3 is 5.69 Å². The van der Waals surface area contributed by atoms with E-state index in [9.17, 15) is 9.59 Å². The van der Waals surface area contributed by atoms with Crippen molar-refractivity contribution in [2.24, 2.45) is 0 Å². The van der Waals surface area contributed by atoms with Gasteiger partial charge in [0.15, 0.2) is 5.78 Å². The number of H-pyrrole nitrogens is 2. The molecular weight excluding hydrogens is 278 g/mol. The van der Waals surface area contributed by atoms with Crippen molar-refractivity contribution >= 4 is 34.1 Å². The molecule has 2 aromatic carbocycles. The van der Waals surface area contributed by atoms with E-state index in [1.807, 2.05) is 0 Å². The van der Waals surface area contributed by atoms with Gasteiger partial charge in [0, 0.05) is 21.8 Å². The highest BCUT2D eigenvalue weighted by Gasteiger charge is 2.14. The van der Waals surface area contributed by atoms with E-state index in [1.165, 1.54) is 6.07 Å². The summed E-state index contributed by atoms with van der Waals surface area (Å²) in [4.78, 5) is 28.9. The van der Waals surface area contributed by atoms with Crippen molar-refractivity contribution in [3.05, 3.63) is 63.0 Å². The van der Waals surface area contributed by atoms with E-state index < -0.39 is 0 Å². The highest BCUT2D eigenvalue weighted by Crippen LogP contribution is 2.22. The fraction of sp³-hybridized carbons (Fsp3) is 0. The van der Waals surface area contributed by atoms with Crippen molar-refractivity contribution in [1.29, 1.82) is 0 Å². The molecule has 0 fully saturated rings. The molecule has 100 valence electrons. The van der Waals surface area contributed by atoms with E-state index in [0.29, 0.717) is 32.9 Å². The van der Waals surface area contributed by atoms with E-state index >= 15 is 0 Å². The molecule has 0 radical (unpaired) electrons. The summed E-state index contributed by atoms with van der Waals surface area (Å²) in [5, 5.41) is 0.443. The SMILES string of the molecule is Nc1ccc(Cl)cc1C(=O)c1ccc2[nH]c(=O)[nH]c2c1. The minimum atomic E-state index is -0.313. The Bertz CT molecular complexity index is 880. The highest BCUT2D eigenvalue weighted by atomic mass is 35.5. The van der Waals surface area contributed by atoms with Crippen LogP contribution in [0.3, 0.4) is 0 Å². The van der Waals surface area contributed by atoms with Gasteiger partial charge < -0.3 is 15.7 Å². The van der Waals surface area contributed by atoms with Crippen molar-refractivity contribution in [3.8, 4) is 0 Å². The van der Waals surface area contributed by atoms with Crippen LogP contribution in [0.4, 0.5) is 5.69 Å². The average molecular weight is 288 g/mol. The van der Waals surface area contributed by atoms with E-state index in [-0.39, 0.29) is 11.5 Å². The van der Waals surface area contributed by atoms with Gasteiger partial charge in [-0.25, -0.2) is 4.79 Å². The zero-order chi connectivity index (χ0) is 14.3. The van der Waals surface area contributed by atoms with Crippen LogP contribution < -0.4 is 11.4 Å². The molecule has 20 heavy (non-hydrogen) atoms. The zero-order valence-electron chi connectivity index (χ0n) is 10.2. The number of nitrogens with two attached hydrogens (primary N) is 1. The molecule has 4 N–H and O–H groups in total. The van der Waals surface area contributed by atoms with Crippen LogP contribution in [0.2, 0.25) is 5.02 Å². The first kappa shape index (κ1) is 12.5. The number of rotatable bonds is 2. The van der Waals surface area contributed by atoms with E-state index in [4.69, 9.17) is 17.3 Å². The van der Waals surface area contributed by atoms with Gasteiger partial charge in [0.25, 0.3) is 0 Å². The summed E-state index contributed by atoms with van der Waals surface area (Å²) in [7, 11) is 0. The Morgan fingerprint density at radius 1 is 1.05 bits per heavy atom. The number of aromatic nitrogens is 2. The van der Waals surface area contributed by atoms with Gasteiger partial charge in [-0.1, -0.05) is 11.6 Å². The van der Waals surface area contributed by atoms with Crippen molar-refractivity contribution in [3.63, 3.8) is 0 Å². The third-order valence-corrected chi connectivity index (χ3v) is 3.27. The molecule has 0 aliphatic heterocycles. The summed E-state index contributed by atoms with van der Waals surface area (Å²) in [6.45, 7) is 0. The molecule has 0 aliphatic rings. The minimum Gasteiger partial charge on any atom is -0.398 e. The number of ketones is 1. The van der Waals surface area contributed by atoms with Crippen molar-refractivity contribution in [2.75, 3.05) is 5.73 Å². The minimum absolute atomic E-state index is 0.242. The number of carbonyl (C=O) groups excluding carboxylic acids is 1. The number of anilines is 1. The average Bonchev–Trinajstić information content (AvgIpc) is 2.79.